The molecule has 1 unspecified atom stereocenters. The van der Waals surface area contributed by atoms with E-state index in [2.05, 4.69) is 5.10 Å². The Morgan fingerprint density at radius 1 is 1.12 bits per heavy atom. The van der Waals surface area contributed by atoms with Crippen LogP contribution in [-0.4, -0.2) is 29.7 Å². The minimum absolute atomic E-state index is 0.0848. The Hall–Kier alpha value is -2.74. The summed E-state index contributed by atoms with van der Waals surface area (Å²) < 4.78 is 25.2. The van der Waals surface area contributed by atoms with Crippen LogP contribution in [0.25, 0.3) is 0 Å². The van der Waals surface area contributed by atoms with Crippen LogP contribution in [0.5, 0.6) is 0 Å². The third-order valence-corrected chi connectivity index (χ3v) is 4.82. The van der Waals surface area contributed by atoms with Crippen LogP contribution in [0.3, 0.4) is 0 Å². The number of sulfonamides is 1. The summed E-state index contributed by atoms with van der Waals surface area (Å²) in [5, 5.41) is 15.4. The molecule has 0 spiro atoms. The Bertz CT molecular complexity index is 910. The molecule has 0 radical (unpaired) electrons. The number of nitro groups is 1. The van der Waals surface area contributed by atoms with Gasteiger partial charge >= 0.3 is 0 Å². The number of hydrazone groups is 1. The minimum atomic E-state index is -3.60. The van der Waals surface area contributed by atoms with Gasteiger partial charge in [-0.1, -0.05) is 42.5 Å². The summed E-state index contributed by atoms with van der Waals surface area (Å²) >= 11 is 0. The monoisotopic (exact) mass is 345 g/mol. The van der Waals surface area contributed by atoms with Crippen molar-refractivity contribution in [1.29, 1.82) is 0 Å². The van der Waals surface area contributed by atoms with E-state index in [4.69, 9.17) is 0 Å². The molecule has 0 aromatic heterocycles. The lowest BCUT2D eigenvalue weighted by Gasteiger charge is -2.21. The van der Waals surface area contributed by atoms with Gasteiger partial charge < -0.3 is 0 Å². The highest BCUT2D eigenvalue weighted by Crippen LogP contribution is 2.36. The topological polar surface area (TPSA) is 92.9 Å². The van der Waals surface area contributed by atoms with Gasteiger partial charge in [0, 0.05) is 12.5 Å². The van der Waals surface area contributed by atoms with Gasteiger partial charge in [-0.3, -0.25) is 10.1 Å². The van der Waals surface area contributed by atoms with E-state index in [1.807, 2.05) is 30.3 Å². The van der Waals surface area contributed by atoms with Gasteiger partial charge in [0.05, 0.1) is 28.5 Å². The maximum Gasteiger partial charge on any atom is 0.278 e. The zero-order valence-electron chi connectivity index (χ0n) is 12.9. The van der Waals surface area contributed by atoms with Crippen molar-refractivity contribution in [2.75, 3.05) is 6.26 Å². The molecular formula is C16H15N3O4S. The molecule has 0 bridgehead atoms. The van der Waals surface area contributed by atoms with E-state index in [0.717, 1.165) is 16.2 Å². The molecule has 0 fully saturated rings. The van der Waals surface area contributed by atoms with Crippen molar-refractivity contribution in [2.45, 2.75) is 12.5 Å². The van der Waals surface area contributed by atoms with Gasteiger partial charge in [0.25, 0.3) is 5.69 Å². The fourth-order valence-electron chi connectivity index (χ4n) is 2.76. The van der Waals surface area contributed by atoms with E-state index >= 15 is 0 Å². The Balaban J connectivity index is 2.07. The van der Waals surface area contributed by atoms with Gasteiger partial charge in [-0.05, 0) is 11.6 Å². The summed E-state index contributed by atoms with van der Waals surface area (Å²) in [4.78, 5) is 10.7. The molecule has 1 aliphatic rings. The lowest BCUT2D eigenvalue weighted by molar-refractivity contribution is -0.385. The highest BCUT2D eigenvalue weighted by molar-refractivity contribution is 7.88. The van der Waals surface area contributed by atoms with Gasteiger partial charge in [0.15, 0.2) is 0 Å². The van der Waals surface area contributed by atoms with Crippen LogP contribution in [-0.2, 0) is 10.0 Å². The molecule has 2 aromatic rings. The number of nitrogens with zero attached hydrogens (tertiary/aromatic N) is 3. The number of para-hydroxylation sites is 1. The average molecular weight is 345 g/mol. The largest absolute Gasteiger partial charge is 0.278 e. The Kier molecular flexibility index (Phi) is 4.06. The summed E-state index contributed by atoms with van der Waals surface area (Å²) in [5.41, 5.74) is 1.44. The van der Waals surface area contributed by atoms with E-state index in [9.17, 15) is 18.5 Å². The van der Waals surface area contributed by atoms with Crippen LogP contribution in [0.2, 0.25) is 0 Å². The molecule has 0 amide bonds. The van der Waals surface area contributed by atoms with Crippen molar-refractivity contribution in [3.05, 3.63) is 75.8 Å². The van der Waals surface area contributed by atoms with Crippen molar-refractivity contribution in [3.8, 4) is 0 Å². The maximum atomic E-state index is 12.1. The van der Waals surface area contributed by atoms with Gasteiger partial charge in [-0.15, -0.1) is 0 Å². The van der Waals surface area contributed by atoms with Crippen LogP contribution in [0.4, 0.5) is 5.69 Å². The molecule has 1 atom stereocenters. The van der Waals surface area contributed by atoms with E-state index in [-0.39, 0.29) is 12.1 Å². The third kappa shape index (κ3) is 3.00. The molecule has 7 nitrogen and oxygen atoms in total. The van der Waals surface area contributed by atoms with E-state index in [1.54, 1.807) is 18.2 Å². The molecular weight excluding hydrogens is 330 g/mol. The summed E-state index contributed by atoms with van der Waals surface area (Å²) in [6.07, 6.45) is 1.36. The Morgan fingerprint density at radius 2 is 1.75 bits per heavy atom. The molecule has 0 aliphatic carbocycles. The normalized spacial score (nSPS) is 17.6. The first kappa shape index (κ1) is 16.1. The molecule has 1 aliphatic heterocycles. The summed E-state index contributed by atoms with van der Waals surface area (Å²) in [5.74, 6) is 0. The van der Waals surface area contributed by atoms with Crippen LogP contribution < -0.4 is 0 Å². The smallest absolute Gasteiger partial charge is 0.258 e. The fourth-order valence-corrected chi connectivity index (χ4v) is 3.66. The van der Waals surface area contributed by atoms with Crippen molar-refractivity contribution >= 4 is 21.4 Å². The van der Waals surface area contributed by atoms with Crippen LogP contribution in [0, 0.1) is 10.1 Å². The average Bonchev–Trinajstić information content (AvgIpc) is 3.01. The van der Waals surface area contributed by atoms with Crippen molar-refractivity contribution in [3.63, 3.8) is 0 Å². The molecule has 2 aromatic carbocycles. The second-order valence-electron chi connectivity index (χ2n) is 5.49. The van der Waals surface area contributed by atoms with Crippen molar-refractivity contribution in [1.82, 2.24) is 4.41 Å². The zero-order chi connectivity index (χ0) is 17.3. The molecule has 8 heteroatoms. The SMILES string of the molecule is CS(=O)(=O)N1N=C(c2ccccc2[N+](=O)[O-])CC1c1ccccc1. The lowest BCUT2D eigenvalue weighted by Crippen LogP contribution is -2.25. The maximum absolute atomic E-state index is 12.1. The summed E-state index contributed by atoms with van der Waals surface area (Å²) in [6, 6.07) is 14.8. The first-order chi connectivity index (χ1) is 11.4. The highest BCUT2D eigenvalue weighted by atomic mass is 32.2. The van der Waals surface area contributed by atoms with Crippen LogP contribution in [0.1, 0.15) is 23.6 Å². The van der Waals surface area contributed by atoms with Gasteiger partial charge in [0.2, 0.25) is 10.0 Å². The molecule has 0 saturated carbocycles. The number of hydrogen-bond acceptors (Lipinski definition) is 5. The van der Waals surface area contributed by atoms with E-state index in [0.29, 0.717) is 11.3 Å². The number of hydrogen-bond donors (Lipinski definition) is 0. The van der Waals surface area contributed by atoms with Gasteiger partial charge in [-0.2, -0.15) is 9.52 Å². The lowest BCUT2D eigenvalue weighted by atomic mass is 9.98. The van der Waals surface area contributed by atoms with Crippen molar-refractivity contribution in [2.24, 2.45) is 5.10 Å². The third-order valence-electron chi connectivity index (χ3n) is 3.81. The quantitative estimate of drug-likeness (QED) is 0.629. The number of nitro benzene ring substituents is 1. The summed E-state index contributed by atoms with van der Waals surface area (Å²) in [6.45, 7) is 0. The number of rotatable bonds is 4. The predicted octanol–water partition coefficient (Wildman–Crippen LogP) is 2.71. The van der Waals surface area contributed by atoms with Gasteiger partial charge in [-0.25, -0.2) is 8.42 Å². The fraction of sp³-hybridized carbons (Fsp3) is 0.188. The minimum Gasteiger partial charge on any atom is -0.258 e. The Morgan fingerprint density at radius 3 is 2.38 bits per heavy atom. The molecule has 1 heterocycles. The zero-order valence-corrected chi connectivity index (χ0v) is 13.7. The molecule has 24 heavy (non-hydrogen) atoms. The van der Waals surface area contributed by atoms with Crippen molar-refractivity contribution < 1.29 is 13.3 Å². The van der Waals surface area contributed by atoms with Crippen LogP contribution in [0.15, 0.2) is 59.7 Å². The Labute approximate surface area is 139 Å². The molecule has 0 saturated heterocycles. The molecule has 124 valence electrons. The van der Waals surface area contributed by atoms with E-state index in [1.165, 1.54) is 6.07 Å². The standard InChI is InChI=1S/C16H15N3O4S/c1-24(22,23)18-16(12-7-3-2-4-8-12)11-14(17-18)13-9-5-6-10-15(13)19(20)21/h2-10,16H,11H2,1H3. The number of benzene rings is 2. The second kappa shape index (κ2) is 6.04. The highest BCUT2D eigenvalue weighted by Gasteiger charge is 2.36. The first-order valence-corrected chi connectivity index (χ1v) is 9.08. The molecule has 0 N–H and O–H groups in total. The van der Waals surface area contributed by atoms with Gasteiger partial charge in [0.1, 0.15) is 0 Å². The predicted molar refractivity (Wildman–Crippen MR) is 90.1 cm³/mol. The second-order valence-corrected chi connectivity index (χ2v) is 7.33. The van der Waals surface area contributed by atoms with Crippen LogP contribution >= 0.6 is 0 Å². The van der Waals surface area contributed by atoms with E-state index < -0.39 is 21.0 Å². The summed E-state index contributed by atoms with van der Waals surface area (Å²) in [7, 11) is -3.60. The molecule has 3 rings (SSSR count). The first-order valence-electron chi connectivity index (χ1n) is 7.23.